The Kier molecular flexibility index (Phi) is 4.55. The number of nitrogens with zero attached hydrogens (tertiary/aromatic N) is 2. The molecule has 0 spiro atoms. The number of amides is 1. The fourth-order valence-corrected chi connectivity index (χ4v) is 2.93. The van der Waals surface area contributed by atoms with E-state index < -0.39 is 17.6 Å². The minimum Gasteiger partial charge on any atom is -0.359 e. The van der Waals surface area contributed by atoms with Crippen LogP contribution in [0.3, 0.4) is 0 Å². The topological polar surface area (TPSA) is 64.0 Å². The molecule has 3 rings (SSSR count). The van der Waals surface area contributed by atoms with Crippen LogP contribution in [0, 0.1) is 5.82 Å². The largest absolute Gasteiger partial charge is 0.359 e. The van der Waals surface area contributed by atoms with E-state index in [0.717, 1.165) is 6.07 Å². The van der Waals surface area contributed by atoms with Gasteiger partial charge in [-0.2, -0.15) is 9.78 Å². The van der Waals surface area contributed by atoms with E-state index in [4.69, 9.17) is 11.6 Å². The summed E-state index contributed by atoms with van der Waals surface area (Å²) in [4.78, 5) is 24.8. The van der Waals surface area contributed by atoms with E-state index in [1.54, 1.807) is 32.2 Å². The zero-order chi connectivity index (χ0) is 18.1. The van der Waals surface area contributed by atoms with Crippen molar-refractivity contribution in [2.24, 2.45) is 0 Å². The summed E-state index contributed by atoms with van der Waals surface area (Å²) >= 11 is 6.00. The minimum atomic E-state index is -0.535. The molecule has 0 aliphatic rings. The van der Waals surface area contributed by atoms with E-state index in [0.29, 0.717) is 16.6 Å². The summed E-state index contributed by atoms with van der Waals surface area (Å²) in [5.41, 5.74) is 1.18. The quantitative estimate of drug-likeness (QED) is 0.779. The Bertz CT molecular complexity index is 984. The third-order valence-electron chi connectivity index (χ3n) is 4.02. The first-order valence-corrected chi connectivity index (χ1v) is 8.01. The van der Waals surface area contributed by atoms with E-state index in [2.05, 4.69) is 10.4 Å². The number of rotatable bonds is 3. The highest BCUT2D eigenvalue weighted by Gasteiger charge is 2.24. The summed E-state index contributed by atoms with van der Waals surface area (Å²) in [6, 6.07) is 10.7. The molecule has 1 N–H and O–H groups in total. The Balaban J connectivity index is 2.17. The number of nitrogens with one attached hydrogen (secondary N) is 1. The third-order valence-corrected chi connectivity index (χ3v) is 4.33. The number of carbonyl (C=O) groups is 2. The molecular weight excluding hydrogens is 345 g/mol. The first-order chi connectivity index (χ1) is 11.9. The van der Waals surface area contributed by atoms with Gasteiger partial charge in [0.25, 0.3) is 5.91 Å². The summed E-state index contributed by atoms with van der Waals surface area (Å²) in [7, 11) is 1.54. The summed E-state index contributed by atoms with van der Waals surface area (Å²) in [6.07, 6.45) is 0. The van der Waals surface area contributed by atoms with Gasteiger partial charge in [0.05, 0.1) is 27.7 Å². The molecular formula is C18H15ClFN3O2. The van der Waals surface area contributed by atoms with E-state index in [1.807, 2.05) is 6.07 Å². The van der Waals surface area contributed by atoms with Crippen LogP contribution in [0.5, 0.6) is 0 Å². The van der Waals surface area contributed by atoms with Crippen molar-refractivity contribution in [3.05, 3.63) is 64.6 Å². The van der Waals surface area contributed by atoms with Crippen molar-refractivity contribution in [3.63, 3.8) is 0 Å². The number of carbonyl (C=O) groups excluding carboxylic acids is 2. The van der Waals surface area contributed by atoms with E-state index in [9.17, 15) is 14.0 Å². The second-order valence-electron chi connectivity index (χ2n) is 5.58. The lowest BCUT2D eigenvalue weighted by Crippen LogP contribution is -2.24. The molecule has 0 saturated heterocycles. The van der Waals surface area contributed by atoms with Crippen LogP contribution in [-0.2, 0) is 4.79 Å². The van der Waals surface area contributed by atoms with Crippen molar-refractivity contribution < 1.29 is 14.0 Å². The predicted octanol–water partition coefficient (Wildman–Crippen LogP) is 3.37. The van der Waals surface area contributed by atoms with Gasteiger partial charge in [0, 0.05) is 12.4 Å². The van der Waals surface area contributed by atoms with Crippen LogP contribution in [0.4, 0.5) is 4.39 Å². The summed E-state index contributed by atoms with van der Waals surface area (Å²) < 4.78 is 14.4. The second kappa shape index (κ2) is 6.64. The normalized spacial score (nSPS) is 12.2. The van der Waals surface area contributed by atoms with Crippen LogP contribution in [0.15, 0.2) is 42.5 Å². The van der Waals surface area contributed by atoms with E-state index in [-0.39, 0.29) is 16.5 Å². The molecule has 1 atom stereocenters. The summed E-state index contributed by atoms with van der Waals surface area (Å²) in [6.45, 7) is 1.72. The number of hydrogen-bond donors (Lipinski definition) is 1. The van der Waals surface area contributed by atoms with Gasteiger partial charge >= 0.3 is 0 Å². The van der Waals surface area contributed by atoms with Gasteiger partial charge in [-0.1, -0.05) is 29.8 Å². The Morgan fingerprint density at radius 3 is 2.64 bits per heavy atom. The predicted molar refractivity (Wildman–Crippen MR) is 93.4 cm³/mol. The maximum absolute atomic E-state index is 13.2. The van der Waals surface area contributed by atoms with Crippen LogP contribution in [0.25, 0.3) is 10.9 Å². The van der Waals surface area contributed by atoms with Gasteiger partial charge in [-0.05, 0) is 31.2 Å². The minimum absolute atomic E-state index is 0.00507. The van der Waals surface area contributed by atoms with Gasteiger partial charge in [0.1, 0.15) is 5.82 Å². The molecule has 25 heavy (non-hydrogen) atoms. The molecule has 0 fully saturated rings. The standard InChI is InChI=1S/C18H15ClFN3O2/c1-10(17(24)21-2)16-13-5-3-4-6-15(13)23(22-16)18(25)12-8-7-11(20)9-14(12)19/h3-10H,1-2H3,(H,21,24). The molecule has 2 aromatic carbocycles. The first-order valence-electron chi connectivity index (χ1n) is 7.63. The molecule has 7 heteroatoms. The summed E-state index contributed by atoms with van der Waals surface area (Å²) in [5, 5.41) is 7.63. The zero-order valence-electron chi connectivity index (χ0n) is 13.6. The smallest absolute Gasteiger partial charge is 0.280 e. The Morgan fingerprint density at radius 1 is 1.24 bits per heavy atom. The number of para-hydroxylation sites is 1. The van der Waals surface area contributed by atoms with Crippen LogP contribution < -0.4 is 5.32 Å². The maximum atomic E-state index is 13.2. The fourth-order valence-electron chi connectivity index (χ4n) is 2.68. The second-order valence-corrected chi connectivity index (χ2v) is 5.99. The van der Waals surface area contributed by atoms with Gasteiger partial charge in [-0.25, -0.2) is 4.39 Å². The lowest BCUT2D eigenvalue weighted by Gasteiger charge is -2.07. The molecule has 0 bridgehead atoms. The highest BCUT2D eigenvalue weighted by atomic mass is 35.5. The summed E-state index contributed by atoms with van der Waals surface area (Å²) in [5.74, 6) is -1.76. The monoisotopic (exact) mass is 359 g/mol. The Hall–Kier alpha value is -2.73. The molecule has 1 aromatic heterocycles. The van der Waals surface area contributed by atoms with Crippen molar-refractivity contribution in [1.82, 2.24) is 15.1 Å². The number of likely N-dealkylation sites (N-methyl/N-ethyl adjacent to an activating group) is 1. The highest BCUT2D eigenvalue weighted by Crippen LogP contribution is 2.27. The zero-order valence-corrected chi connectivity index (χ0v) is 14.3. The van der Waals surface area contributed by atoms with Crippen LogP contribution in [-0.4, -0.2) is 28.6 Å². The molecule has 1 amide bonds. The van der Waals surface area contributed by atoms with Crippen molar-refractivity contribution in [1.29, 1.82) is 0 Å². The van der Waals surface area contributed by atoms with Gasteiger partial charge in [0.15, 0.2) is 0 Å². The van der Waals surface area contributed by atoms with E-state index in [1.165, 1.54) is 16.8 Å². The number of aromatic nitrogens is 2. The van der Waals surface area contributed by atoms with Gasteiger partial charge in [-0.3, -0.25) is 9.59 Å². The average Bonchev–Trinajstić information content (AvgIpc) is 2.99. The molecule has 0 aliphatic heterocycles. The fraction of sp³-hybridized carbons (Fsp3) is 0.167. The van der Waals surface area contributed by atoms with Crippen molar-refractivity contribution >= 4 is 34.3 Å². The third kappa shape index (κ3) is 3.00. The molecule has 128 valence electrons. The SMILES string of the molecule is CNC(=O)C(C)c1nn(C(=O)c2ccc(F)cc2Cl)c2ccccc12. The van der Waals surface area contributed by atoms with Crippen LogP contribution >= 0.6 is 11.6 Å². The van der Waals surface area contributed by atoms with Crippen molar-refractivity contribution in [2.45, 2.75) is 12.8 Å². The van der Waals surface area contributed by atoms with Gasteiger partial charge in [0.2, 0.25) is 5.91 Å². The van der Waals surface area contributed by atoms with E-state index >= 15 is 0 Å². The lowest BCUT2D eigenvalue weighted by molar-refractivity contribution is -0.121. The van der Waals surface area contributed by atoms with Crippen LogP contribution in [0.2, 0.25) is 5.02 Å². The van der Waals surface area contributed by atoms with Gasteiger partial charge in [-0.15, -0.1) is 0 Å². The molecule has 1 unspecified atom stereocenters. The van der Waals surface area contributed by atoms with Crippen LogP contribution in [0.1, 0.15) is 28.9 Å². The average molecular weight is 360 g/mol. The molecule has 0 saturated carbocycles. The van der Waals surface area contributed by atoms with Crippen molar-refractivity contribution in [3.8, 4) is 0 Å². The molecule has 0 aliphatic carbocycles. The first kappa shape index (κ1) is 17.1. The number of fused-ring (bicyclic) bond motifs is 1. The molecule has 0 radical (unpaired) electrons. The Morgan fingerprint density at radius 2 is 1.96 bits per heavy atom. The highest BCUT2D eigenvalue weighted by molar-refractivity contribution is 6.34. The molecule has 3 aromatic rings. The number of benzene rings is 2. The van der Waals surface area contributed by atoms with Crippen molar-refractivity contribution in [2.75, 3.05) is 7.05 Å². The Labute approximate surface area is 148 Å². The van der Waals surface area contributed by atoms with Gasteiger partial charge < -0.3 is 5.32 Å². The lowest BCUT2D eigenvalue weighted by atomic mass is 10.0. The molecule has 5 nitrogen and oxygen atoms in total. The number of hydrogen-bond acceptors (Lipinski definition) is 3. The maximum Gasteiger partial charge on any atom is 0.280 e. The molecule has 1 heterocycles. The number of halogens is 2.